The molecule has 2 heterocycles. The molecule has 4 nitrogen and oxygen atoms in total. The molecule has 1 aromatic heterocycles. The SMILES string of the molecule is CC(C)[C@H](CO)NCc1nc(N2Cc3ccc(C(F)(F)F)cc3C2)ccc1F. The van der Waals surface area contributed by atoms with E-state index in [-0.39, 0.29) is 37.4 Å². The molecule has 1 aromatic carbocycles. The van der Waals surface area contributed by atoms with Gasteiger partial charge >= 0.3 is 6.18 Å². The van der Waals surface area contributed by atoms with Crippen molar-refractivity contribution in [3.05, 3.63) is 58.5 Å². The summed E-state index contributed by atoms with van der Waals surface area (Å²) in [5.74, 6) is 0.216. The number of nitrogens with one attached hydrogen (secondary N) is 1. The summed E-state index contributed by atoms with van der Waals surface area (Å²) in [5.41, 5.74) is 0.942. The van der Waals surface area contributed by atoms with Crippen molar-refractivity contribution in [2.45, 2.75) is 45.7 Å². The first-order valence-electron chi connectivity index (χ1n) is 9.12. The van der Waals surface area contributed by atoms with E-state index in [0.717, 1.165) is 17.7 Å². The Hall–Kier alpha value is -2.19. The van der Waals surface area contributed by atoms with Crippen LogP contribution in [0.5, 0.6) is 0 Å². The van der Waals surface area contributed by atoms with Crippen LogP contribution in [0.3, 0.4) is 0 Å². The van der Waals surface area contributed by atoms with E-state index in [2.05, 4.69) is 10.3 Å². The van der Waals surface area contributed by atoms with Gasteiger partial charge in [-0.05, 0) is 41.3 Å². The Labute approximate surface area is 161 Å². The minimum absolute atomic E-state index is 0.0675. The van der Waals surface area contributed by atoms with Crippen molar-refractivity contribution in [3.8, 4) is 0 Å². The number of rotatable bonds is 6. The van der Waals surface area contributed by atoms with Crippen LogP contribution in [0.4, 0.5) is 23.4 Å². The first-order valence-corrected chi connectivity index (χ1v) is 9.12. The molecule has 28 heavy (non-hydrogen) atoms. The Kier molecular flexibility index (Phi) is 5.90. The number of hydrogen-bond acceptors (Lipinski definition) is 4. The molecule has 152 valence electrons. The van der Waals surface area contributed by atoms with Gasteiger partial charge in [-0.2, -0.15) is 13.2 Å². The molecule has 3 rings (SSSR count). The third kappa shape index (κ3) is 4.44. The maximum absolute atomic E-state index is 14.2. The minimum atomic E-state index is -4.38. The lowest BCUT2D eigenvalue weighted by Crippen LogP contribution is -2.37. The average molecular weight is 397 g/mol. The summed E-state index contributed by atoms with van der Waals surface area (Å²) in [4.78, 5) is 6.18. The van der Waals surface area contributed by atoms with Gasteiger partial charge in [0, 0.05) is 25.7 Å². The minimum Gasteiger partial charge on any atom is -0.395 e. The fourth-order valence-electron chi connectivity index (χ4n) is 3.24. The number of aromatic nitrogens is 1. The van der Waals surface area contributed by atoms with Gasteiger partial charge in [-0.1, -0.05) is 19.9 Å². The third-order valence-electron chi connectivity index (χ3n) is 5.02. The molecule has 0 fully saturated rings. The smallest absolute Gasteiger partial charge is 0.395 e. The van der Waals surface area contributed by atoms with Crippen molar-refractivity contribution < 1.29 is 22.7 Å². The van der Waals surface area contributed by atoms with Crippen molar-refractivity contribution >= 4 is 5.82 Å². The summed E-state index contributed by atoms with van der Waals surface area (Å²) < 4.78 is 52.9. The largest absolute Gasteiger partial charge is 0.416 e. The molecule has 0 amide bonds. The second-order valence-electron chi connectivity index (χ2n) is 7.35. The Morgan fingerprint density at radius 3 is 2.50 bits per heavy atom. The van der Waals surface area contributed by atoms with Gasteiger partial charge in [0.15, 0.2) is 0 Å². The van der Waals surface area contributed by atoms with Crippen LogP contribution in [-0.2, 0) is 25.8 Å². The van der Waals surface area contributed by atoms with Crippen LogP contribution >= 0.6 is 0 Å². The summed E-state index contributed by atoms with van der Waals surface area (Å²) in [6.07, 6.45) is -4.38. The predicted octanol–water partition coefficient (Wildman–Crippen LogP) is 3.87. The molecule has 0 bridgehead atoms. The van der Waals surface area contributed by atoms with Crippen molar-refractivity contribution in [2.75, 3.05) is 11.5 Å². The molecule has 1 atom stereocenters. The maximum atomic E-state index is 14.2. The molecule has 0 radical (unpaired) electrons. The monoisotopic (exact) mass is 397 g/mol. The highest BCUT2D eigenvalue weighted by atomic mass is 19.4. The van der Waals surface area contributed by atoms with Crippen LogP contribution in [0.25, 0.3) is 0 Å². The summed E-state index contributed by atoms with van der Waals surface area (Å²) in [6.45, 7) is 4.69. The molecular formula is C20H23F4N3O. The number of aliphatic hydroxyl groups excluding tert-OH is 1. The standard InChI is InChI=1S/C20H23F4N3O/c1-12(2)18(11-28)25-8-17-16(21)5-6-19(26-17)27-9-13-3-4-15(20(22,23)24)7-14(13)10-27/h3-7,12,18,25,28H,8-11H2,1-2H3/t18-/m0/s1. The Morgan fingerprint density at radius 2 is 1.86 bits per heavy atom. The summed E-state index contributed by atoms with van der Waals surface area (Å²) in [7, 11) is 0. The van der Waals surface area contributed by atoms with Crippen LogP contribution in [-0.4, -0.2) is 22.7 Å². The molecule has 2 N–H and O–H groups in total. The molecule has 2 aromatic rings. The zero-order valence-electron chi connectivity index (χ0n) is 15.7. The van der Waals surface area contributed by atoms with E-state index < -0.39 is 17.6 Å². The zero-order valence-corrected chi connectivity index (χ0v) is 15.7. The molecule has 1 aliphatic rings. The molecule has 0 spiro atoms. The van der Waals surface area contributed by atoms with E-state index in [1.165, 1.54) is 18.2 Å². The van der Waals surface area contributed by atoms with Gasteiger partial charge in [-0.15, -0.1) is 0 Å². The normalized spacial score (nSPS) is 15.2. The van der Waals surface area contributed by atoms with Gasteiger partial charge in [0.1, 0.15) is 11.6 Å². The fourth-order valence-corrected chi connectivity index (χ4v) is 3.24. The maximum Gasteiger partial charge on any atom is 0.416 e. The molecular weight excluding hydrogens is 374 g/mol. The fraction of sp³-hybridized carbons (Fsp3) is 0.450. The van der Waals surface area contributed by atoms with E-state index in [0.29, 0.717) is 17.9 Å². The number of benzene rings is 1. The molecule has 8 heteroatoms. The molecule has 0 saturated heterocycles. The van der Waals surface area contributed by atoms with Crippen LogP contribution in [0.1, 0.15) is 36.2 Å². The lowest BCUT2D eigenvalue weighted by atomic mass is 10.1. The average Bonchev–Trinajstić information content (AvgIpc) is 3.05. The summed E-state index contributed by atoms with van der Waals surface area (Å²) >= 11 is 0. The number of alkyl halides is 3. The number of fused-ring (bicyclic) bond motifs is 1. The van der Waals surface area contributed by atoms with Crippen LogP contribution in [0, 0.1) is 11.7 Å². The Balaban J connectivity index is 1.76. The highest BCUT2D eigenvalue weighted by molar-refractivity contribution is 5.49. The number of anilines is 1. The molecule has 0 aliphatic carbocycles. The molecule has 0 saturated carbocycles. The van der Waals surface area contributed by atoms with Crippen molar-refractivity contribution in [2.24, 2.45) is 5.92 Å². The topological polar surface area (TPSA) is 48.4 Å². The second-order valence-corrected chi connectivity index (χ2v) is 7.35. The third-order valence-corrected chi connectivity index (χ3v) is 5.02. The van der Waals surface area contributed by atoms with Gasteiger partial charge in [-0.3, -0.25) is 0 Å². The number of aliphatic hydroxyl groups is 1. The number of pyridine rings is 1. The van der Waals surface area contributed by atoms with E-state index in [1.807, 2.05) is 18.7 Å². The Morgan fingerprint density at radius 1 is 1.14 bits per heavy atom. The lowest BCUT2D eigenvalue weighted by molar-refractivity contribution is -0.137. The highest BCUT2D eigenvalue weighted by Crippen LogP contribution is 2.34. The first kappa shape index (κ1) is 20.5. The van der Waals surface area contributed by atoms with E-state index in [4.69, 9.17) is 0 Å². The van der Waals surface area contributed by atoms with Crippen molar-refractivity contribution in [3.63, 3.8) is 0 Å². The summed E-state index contributed by atoms with van der Waals surface area (Å²) in [6, 6.07) is 6.39. The molecule has 1 aliphatic heterocycles. The van der Waals surface area contributed by atoms with Gasteiger partial charge in [0.05, 0.1) is 17.9 Å². The van der Waals surface area contributed by atoms with Gasteiger partial charge in [0.2, 0.25) is 0 Å². The lowest BCUT2D eigenvalue weighted by Gasteiger charge is -2.21. The quantitative estimate of drug-likeness (QED) is 0.727. The van der Waals surface area contributed by atoms with Crippen molar-refractivity contribution in [1.82, 2.24) is 10.3 Å². The van der Waals surface area contributed by atoms with Crippen molar-refractivity contribution in [1.29, 1.82) is 0 Å². The van der Waals surface area contributed by atoms with Gasteiger partial charge < -0.3 is 15.3 Å². The number of hydrogen-bond donors (Lipinski definition) is 2. The zero-order chi connectivity index (χ0) is 20.5. The van der Waals surface area contributed by atoms with E-state index in [1.54, 1.807) is 0 Å². The van der Waals surface area contributed by atoms with E-state index >= 15 is 0 Å². The second kappa shape index (κ2) is 8.05. The van der Waals surface area contributed by atoms with Crippen LogP contribution in [0.15, 0.2) is 30.3 Å². The highest BCUT2D eigenvalue weighted by Gasteiger charge is 2.32. The van der Waals surface area contributed by atoms with Gasteiger partial charge in [0.25, 0.3) is 0 Å². The molecule has 0 unspecified atom stereocenters. The predicted molar refractivity (Wildman–Crippen MR) is 98.1 cm³/mol. The first-order chi connectivity index (χ1) is 13.2. The Bertz CT molecular complexity index is 839. The summed E-state index contributed by atoms with van der Waals surface area (Å²) in [5, 5.41) is 12.5. The van der Waals surface area contributed by atoms with Crippen LogP contribution < -0.4 is 10.2 Å². The van der Waals surface area contributed by atoms with E-state index in [9.17, 15) is 22.7 Å². The number of halogens is 4. The van der Waals surface area contributed by atoms with Gasteiger partial charge in [-0.25, -0.2) is 9.37 Å². The number of nitrogens with zero attached hydrogens (tertiary/aromatic N) is 2. The van der Waals surface area contributed by atoms with Crippen LogP contribution in [0.2, 0.25) is 0 Å².